The molecule has 0 spiro atoms. The second-order valence-electron chi connectivity index (χ2n) is 10.2. The van der Waals surface area contributed by atoms with Crippen molar-refractivity contribution in [3.63, 3.8) is 0 Å². The zero-order valence-electron chi connectivity index (χ0n) is 21.3. The van der Waals surface area contributed by atoms with E-state index >= 15 is 0 Å². The van der Waals surface area contributed by atoms with Crippen LogP contribution in [0.15, 0.2) is 36.4 Å². The third kappa shape index (κ3) is 6.81. The fourth-order valence-electron chi connectivity index (χ4n) is 4.87. The number of alkyl halides is 2. The summed E-state index contributed by atoms with van der Waals surface area (Å²) in [5, 5.41) is 23.5. The average Bonchev–Trinajstić information content (AvgIpc) is 3.14. The van der Waals surface area contributed by atoms with Crippen molar-refractivity contribution in [2.75, 3.05) is 30.0 Å². The zero-order chi connectivity index (χ0) is 26.8. The molecular weight excluding hydrogens is 486 g/mol. The molecule has 0 aliphatic carbocycles. The Balaban J connectivity index is 1.75. The van der Waals surface area contributed by atoms with Crippen molar-refractivity contribution < 1.29 is 38.0 Å². The van der Waals surface area contributed by atoms with Crippen LogP contribution >= 0.6 is 0 Å². The number of hydrogen-bond acceptors (Lipinski definition) is 7. The van der Waals surface area contributed by atoms with Crippen LogP contribution in [-0.2, 0) is 9.53 Å². The number of anilines is 3. The van der Waals surface area contributed by atoms with Gasteiger partial charge >= 0.3 is 12.3 Å². The minimum absolute atomic E-state index is 0.0122. The molecule has 10 heteroatoms. The molecule has 2 heterocycles. The summed E-state index contributed by atoms with van der Waals surface area (Å²) < 4.78 is 41.8. The van der Waals surface area contributed by atoms with Gasteiger partial charge < -0.3 is 34.6 Å². The fourth-order valence-corrected chi connectivity index (χ4v) is 4.87. The van der Waals surface area contributed by atoms with Crippen LogP contribution in [0.2, 0.25) is 0 Å². The molecule has 0 saturated carbocycles. The monoisotopic (exact) mass is 520 g/mol. The number of nitrogens with one attached hydrogen (secondary N) is 1. The number of halogens is 2. The normalized spacial score (nSPS) is 17.9. The summed E-state index contributed by atoms with van der Waals surface area (Å²) in [6.07, 6.45) is -1.52. The van der Waals surface area contributed by atoms with E-state index in [0.717, 1.165) is 24.1 Å². The topological polar surface area (TPSA) is 100 Å². The number of fused-ring (bicyclic) bond motifs is 1. The van der Waals surface area contributed by atoms with Crippen LogP contribution in [-0.4, -0.2) is 53.9 Å². The smallest absolute Gasteiger partial charge is 0.481 e. The number of aliphatic carboxylic acids is 1. The summed E-state index contributed by atoms with van der Waals surface area (Å²) in [6, 6.07) is 10.3. The first-order valence-corrected chi connectivity index (χ1v) is 12.5. The molecule has 2 aliphatic rings. The number of nitrogens with zero attached hydrogens (tertiary/aromatic N) is 1. The maximum Gasteiger partial charge on any atom is 0.586 e. The highest BCUT2D eigenvalue weighted by Gasteiger charge is 2.43. The van der Waals surface area contributed by atoms with Crippen LogP contribution in [0.4, 0.5) is 25.8 Å². The Bertz CT molecular complexity index is 1110. The van der Waals surface area contributed by atoms with Crippen LogP contribution in [0.25, 0.3) is 0 Å². The van der Waals surface area contributed by atoms with Gasteiger partial charge in [0.05, 0.1) is 23.4 Å². The summed E-state index contributed by atoms with van der Waals surface area (Å²) in [7, 11) is 0. The van der Waals surface area contributed by atoms with Crippen LogP contribution in [0.1, 0.15) is 57.9 Å². The van der Waals surface area contributed by atoms with Crippen molar-refractivity contribution in [3.8, 4) is 11.5 Å². The number of carboxylic acid groups (broad SMARTS) is 1. The summed E-state index contributed by atoms with van der Waals surface area (Å²) in [6.45, 7) is 7.01. The molecule has 0 radical (unpaired) electrons. The van der Waals surface area contributed by atoms with Crippen molar-refractivity contribution in [2.24, 2.45) is 0 Å². The van der Waals surface area contributed by atoms with Crippen molar-refractivity contribution in [1.82, 2.24) is 0 Å². The number of hydrogen-bond donors (Lipinski definition) is 3. The van der Waals surface area contributed by atoms with Crippen molar-refractivity contribution >= 4 is 23.0 Å². The maximum atomic E-state index is 13.6. The van der Waals surface area contributed by atoms with Gasteiger partial charge in [0, 0.05) is 37.6 Å². The average molecular weight is 521 g/mol. The number of carboxylic acids is 1. The third-order valence-corrected chi connectivity index (χ3v) is 6.58. The lowest BCUT2D eigenvalue weighted by molar-refractivity contribution is -0.286. The lowest BCUT2D eigenvalue weighted by Gasteiger charge is -2.40. The molecule has 1 fully saturated rings. The van der Waals surface area contributed by atoms with E-state index in [2.05, 4.69) is 19.7 Å². The molecule has 37 heavy (non-hydrogen) atoms. The van der Waals surface area contributed by atoms with Gasteiger partial charge in [-0.05, 0) is 68.9 Å². The number of rotatable bonds is 10. The van der Waals surface area contributed by atoms with Crippen molar-refractivity contribution in [3.05, 3.63) is 42.0 Å². The van der Waals surface area contributed by atoms with Crippen LogP contribution < -0.4 is 19.7 Å². The van der Waals surface area contributed by atoms with E-state index in [1.807, 2.05) is 25.1 Å². The Morgan fingerprint density at radius 2 is 1.86 bits per heavy atom. The van der Waals surface area contributed by atoms with E-state index in [1.165, 1.54) is 12.1 Å². The Morgan fingerprint density at radius 1 is 1.16 bits per heavy atom. The van der Waals surface area contributed by atoms with Gasteiger partial charge in [0.2, 0.25) is 0 Å². The lowest BCUT2D eigenvalue weighted by Crippen LogP contribution is -2.47. The number of carbonyl (C=O) groups is 1. The Hall–Kier alpha value is -3.11. The number of benzene rings is 2. The fraction of sp³-hybridized carbons (Fsp3) is 0.519. The predicted octanol–water partition coefficient (Wildman–Crippen LogP) is 5.48. The number of aliphatic hydroxyl groups is 1. The quantitative estimate of drug-likeness (QED) is 0.379. The Labute approximate surface area is 215 Å². The first-order valence-electron chi connectivity index (χ1n) is 12.5. The maximum absolute atomic E-state index is 13.6. The molecule has 2 aromatic rings. The molecule has 0 aromatic heterocycles. The molecule has 2 aromatic carbocycles. The van der Waals surface area contributed by atoms with Crippen LogP contribution in [0.5, 0.6) is 11.5 Å². The molecule has 0 amide bonds. The van der Waals surface area contributed by atoms with E-state index < -0.39 is 17.9 Å². The summed E-state index contributed by atoms with van der Waals surface area (Å²) in [5.41, 5.74) is 1.83. The molecular formula is C27H34F2N2O6. The highest BCUT2D eigenvalue weighted by Crippen LogP contribution is 2.44. The van der Waals surface area contributed by atoms with Gasteiger partial charge in [-0.25, -0.2) is 0 Å². The highest BCUT2D eigenvalue weighted by molar-refractivity contribution is 5.78. The standard InChI is InChI=1S/C27H34F2N2O6/c1-4-17(14-25(32)33)18-5-7-22(31(16-26(2,3)34)20-9-11-35-12-10-20)21(13-18)30-19-6-8-23-24(15-19)37-27(28,29)36-23/h5-8,13,15,17,20,30,34H,4,9-12,14,16H2,1-3H3,(H,32,33)/t17-/m0/s1. The minimum atomic E-state index is -3.72. The van der Waals surface area contributed by atoms with Gasteiger partial charge in [-0.2, -0.15) is 0 Å². The van der Waals surface area contributed by atoms with Crippen LogP contribution in [0.3, 0.4) is 0 Å². The van der Waals surface area contributed by atoms with E-state index in [4.69, 9.17) is 4.74 Å². The highest BCUT2D eigenvalue weighted by atomic mass is 19.3. The zero-order valence-corrected chi connectivity index (χ0v) is 21.3. The molecule has 0 unspecified atom stereocenters. The Kier molecular flexibility index (Phi) is 7.80. The second-order valence-corrected chi connectivity index (χ2v) is 10.2. The van der Waals surface area contributed by atoms with Gasteiger partial charge in [-0.15, -0.1) is 8.78 Å². The van der Waals surface area contributed by atoms with E-state index in [9.17, 15) is 23.8 Å². The molecule has 2 aliphatic heterocycles. The molecule has 202 valence electrons. The van der Waals surface area contributed by atoms with Crippen molar-refractivity contribution in [1.29, 1.82) is 0 Å². The lowest BCUT2D eigenvalue weighted by atomic mass is 9.92. The first-order chi connectivity index (χ1) is 17.4. The van der Waals surface area contributed by atoms with E-state index in [1.54, 1.807) is 19.9 Å². The predicted molar refractivity (Wildman–Crippen MR) is 135 cm³/mol. The molecule has 4 rings (SSSR count). The van der Waals surface area contributed by atoms with Gasteiger partial charge in [0.25, 0.3) is 0 Å². The summed E-state index contributed by atoms with van der Waals surface area (Å²) in [4.78, 5) is 13.6. The number of ether oxygens (including phenoxy) is 3. The molecule has 3 N–H and O–H groups in total. The van der Waals surface area contributed by atoms with Crippen LogP contribution in [0, 0.1) is 0 Å². The molecule has 0 bridgehead atoms. The van der Waals surface area contributed by atoms with Gasteiger partial charge in [0.1, 0.15) is 0 Å². The third-order valence-electron chi connectivity index (χ3n) is 6.58. The van der Waals surface area contributed by atoms with Crippen molar-refractivity contribution in [2.45, 2.75) is 70.3 Å². The summed E-state index contributed by atoms with van der Waals surface area (Å²) in [5.74, 6) is -1.22. The largest absolute Gasteiger partial charge is 0.586 e. The van der Waals surface area contributed by atoms with Gasteiger partial charge in [-0.1, -0.05) is 13.0 Å². The second kappa shape index (κ2) is 10.7. The summed E-state index contributed by atoms with van der Waals surface area (Å²) >= 11 is 0. The van der Waals surface area contributed by atoms with Gasteiger partial charge in [-0.3, -0.25) is 4.79 Å². The van der Waals surface area contributed by atoms with E-state index in [0.29, 0.717) is 37.6 Å². The SMILES string of the molecule is CC[C@@H](CC(=O)O)c1ccc(N(CC(C)(C)O)C2CCOCC2)c(Nc2ccc3c(c2)OC(F)(F)O3)c1. The molecule has 8 nitrogen and oxygen atoms in total. The van der Waals surface area contributed by atoms with E-state index in [-0.39, 0.29) is 29.9 Å². The van der Waals surface area contributed by atoms with Gasteiger partial charge in [0.15, 0.2) is 11.5 Å². The molecule has 1 saturated heterocycles. The first kappa shape index (κ1) is 26.9. The minimum Gasteiger partial charge on any atom is -0.481 e. The molecule has 1 atom stereocenters. The Morgan fingerprint density at radius 3 is 2.51 bits per heavy atom.